The van der Waals surface area contributed by atoms with Crippen LogP contribution in [0, 0.1) is 6.92 Å². The lowest BCUT2D eigenvalue weighted by molar-refractivity contribution is 1.15. The summed E-state index contributed by atoms with van der Waals surface area (Å²) in [5.41, 5.74) is 2.73. The Hall–Kier alpha value is -1.35. The number of imidazole rings is 1. The van der Waals surface area contributed by atoms with E-state index in [-0.39, 0.29) is 0 Å². The second-order valence-corrected chi connectivity index (χ2v) is 3.32. The fraction of sp³-hybridized carbons (Fsp3) is 0.200. The van der Waals surface area contributed by atoms with E-state index in [1.807, 2.05) is 25.1 Å². The first-order valence-electron chi connectivity index (χ1n) is 4.33. The Morgan fingerprint density at radius 3 is 2.93 bits per heavy atom. The van der Waals surface area contributed by atoms with Gasteiger partial charge in [0, 0.05) is 17.6 Å². The normalized spacial score (nSPS) is 10.4. The van der Waals surface area contributed by atoms with Gasteiger partial charge in [0.2, 0.25) is 0 Å². The van der Waals surface area contributed by atoms with Crippen LogP contribution in [0.3, 0.4) is 0 Å². The summed E-state index contributed by atoms with van der Waals surface area (Å²) in [6.07, 6.45) is 1.73. The summed E-state index contributed by atoms with van der Waals surface area (Å²) in [7, 11) is 0. The van der Waals surface area contributed by atoms with E-state index in [2.05, 4.69) is 15.0 Å². The number of hydrogen-bond donors (Lipinski definition) is 1. The van der Waals surface area contributed by atoms with Gasteiger partial charge in [-0.25, -0.2) is 9.97 Å². The number of hydrogen-bond acceptors (Lipinski definition) is 2. The molecule has 0 aliphatic rings. The molecule has 0 bridgehead atoms. The van der Waals surface area contributed by atoms with Crippen LogP contribution in [0.15, 0.2) is 24.4 Å². The van der Waals surface area contributed by atoms with Gasteiger partial charge >= 0.3 is 0 Å². The van der Waals surface area contributed by atoms with E-state index in [0.29, 0.717) is 5.88 Å². The average molecular weight is 208 g/mol. The van der Waals surface area contributed by atoms with Gasteiger partial charge in [-0.05, 0) is 19.1 Å². The van der Waals surface area contributed by atoms with Crippen LogP contribution in [-0.4, -0.2) is 15.0 Å². The van der Waals surface area contributed by atoms with Crippen molar-refractivity contribution >= 4 is 11.6 Å². The van der Waals surface area contributed by atoms with Gasteiger partial charge in [0.25, 0.3) is 0 Å². The van der Waals surface area contributed by atoms with Gasteiger partial charge in [-0.1, -0.05) is 6.07 Å². The zero-order chi connectivity index (χ0) is 9.97. The number of aromatic amines is 1. The van der Waals surface area contributed by atoms with Crippen LogP contribution in [0.1, 0.15) is 11.4 Å². The second-order valence-electron chi connectivity index (χ2n) is 3.05. The third-order valence-corrected chi connectivity index (χ3v) is 2.19. The zero-order valence-corrected chi connectivity index (χ0v) is 8.54. The number of aromatic nitrogens is 3. The largest absolute Gasteiger partial charge is 0.340 e. The number of rotatable bonds is 2. The van der Waals surface area contributed by atoms with Crippen LogP contribution in [0.25, 0.3) is 11.5 Å². The molecular weight excluding hydrogens is 198 g/mol. The van der Waals surface area contributed by atoms with Gasteiger partial charge in [-0.15, -0.1) is 11.6 Å². The number of H-pyrrole nitrogens is 1. The maximum absolute atomic E-state index is 5.67. The summed E-state index contributed by atoms with van der Waals surface area (Å²) < 4.78 is 0. The summed E-state index contributed by atoms with van der Waals surface area (Å²) in [6, 6.07) is 5.83. The van der Waals surface area contributed by atoms with Gasteiger partial charge in [0.1, 0.15) is 5.69 Å². The predicted octanol–water partition coefficient (Wildman–Crippen LogP) is 2.52. The van der Waals surface area contributed by atoms with Crippen LogP contribution in [0.4, 0.5) is 0 Å². The number of pyridine rings is 1. The van der Waals surface area contributed by atoms with Gasteiger partial charge in [0.05, 0.1) is 5.88 Å². The molecule has 0 aliphatic heterocycles. The van der Waals surface area contributed by atoms with Crippen LogP contribution in [0.2, 0.25) is 0 Å². The molecule has 1 N–H and O–H groups in total. The molecule has 2 rings (SSSR count). The predicted molar refractivity (Wildman–Crippen MR) is 56.1 cm³/mol. The quantitative estimate of drug-likeness (QED) is 0.769. The third-order valence-electron chi connectivity index (χ3n) is 1.90. The molecule has 2 aromatic heterocycles. The molecule has 14 heavy (non-hydrogen) atoms. The van der Waals surface area contributed by atoms with E-state index >= 15 is 0 Å². The highest BCUT2D eigenvalue weighted by molar-refractivity contribution is 6.16. The maximum Gasteiger partial charge on any atom is 0.156 e. The van der Waals surface area contributed by atoms with Crippen LogP contribution in [0.5, 0.6) is 0 Å². The molecule has 0 saturated carbocycles. The fourth-order valence-corrected chi connectivity index (χ4v) is 1.37. The topological polar surface area (TPSA) is 41.6 Å². The summed E-state index contributed by atoms with van der Waals surface area (Å²) in [4.78, 5) is 11.7. The molecule has 0 fully saturated rings. The van der Waals surface area contributed by atoms with E-state index in [0.717, 1.165) is 22.9 Å². The minimum absolute atomic E-state index is 0.443. The molecular formula is C10H10ClN3. The minimum Gasteiger partial charge on any atom is -0.340 e. The van der Waals surface area contributed by atoms with E-state index < -0.39 is 0 Å². The summed E-state index contributed by atoms with van der Waals surface area (Å²) in [5, 5.41) is 0. The van der Waals surface area contributed by atoms with Crippen molar-refractivity contribution in [3.8, 4) is 11.5 Å². The number of nitrogens with one attached hydrogen (secondary N) is 1. The molecule has 0 atom stereocenters. The van der Waals surface area contributed by atoms with E-state index in [4.69, 9.17) is 11.6 Å². The third kappa shape index (κ3) is 1.77. The highest BCUT2D eigenvalue weighted by Gasteiger charge is 2.03. The lowest BCUT2D eigenvalue weighted by atomic mass is 10.3. The van der Waals surface area contributed by atoms with E-state index in [9.17, 15) is 0 Å². The van der Waals surface area contributed by atoms with Crippen molar-refractivity contribution in [1.29, 1.82) is 0 Å². The first-order chi connectivity index (χ1) is 6.79. The molecule has 0 aliphatic carbocycles. The van der Waals surface area contributed by atoms with E-state index in [1.54, 1.807) is 6.20 Å². The van der Waals surface area contributed by atoms with Gasteiger partial charge < -0.3 is 4.98 Å². The van der Waals surface area contributed by atoms with Crippen molar-refractivity contribution < 1.29 is 0 Å². The first kappa shape index (κ1) is 9.21. The van der Waals surface area contributed by atoms with Crippen molar-refractivity contribution in [2.75, 3.05) is 0 Å². The first-order valence-corrected chi connectivity index (χ1v) is 4.87. The average Bonchev–Trinajstić information content (AvgIpc) is 2.66. The highest BCUT2D eigenvalue weighted by atomic mass is 35.5. The van der Waals surface area contributed by atoms with Crippen molar-refractivity contribution in [2.24, 2.45) is 0 Å². The van der Waals surface area contributed by atoms with Gasteiger partial charge in [-0.2, -0.15) is 0 Å². The Kier molecular flexibility index (Phi) is 2.50. The van der Waals surface area contributed by atoms with Crippen LogP contribution in [-0.2, 0) is 5.88 Å². The molecule has 4 heteroatoms. The second kappa shape index (κ2) is 3.80. The fourth-order valence-electron chi connectivity index (χ4n) is 1.23. The van der Waals surface area contributed by atoms with Crippen LogP contribution >= 0.6 is 11.6 Å². The highest BCUT2D eigenvalue weighted by Crippen LogP contribution is 2.13. The Labute approximate surface area is 87.2 Å². The zero-order valence-electron chi connectivity index (χ0n) is 7.79. The lowest BCUT2D eigenvalue weighted by Crippen LogP contribution is -1.88. The monoisotopic (exact) mass is 207 g/mol. The number of aryl methyl sites for hydroxylation is 1. The van der Waals surface area contributed by atoms with Gasteiger partial charge in [0.15, 0.2) is 5.82 Å². The molecule has 72 valence electrons. The van der Waals surface area contributed by atoms with Crippen molar-refractivity contribution in [2.45, 2.75) is 12.8 Å². The molecule has 0 spiro atoms. The molecule has 0 unspecified atom stereocenters. The number of nitrogens with zero attached hydrogens (tertiary/aromatic N) is 2. The van der Waals surface area contributed by atoms with Crippen molar-refractivity contribution in [3.63, 3.8) is 0 Å². The Morgan fingerprint density at radius 1 is 1.43 bits per heavy atom. The molecule has 0 amide bonds. The Balaban J connectivity index is 2.39. The Bertz CT molecular complexity index is 436. The number of halogens is 1. The van der Waals surface area contributed by atoms with Crippen LogP contribution < -0.4 is 0 Å². The summed E-state index contributed by atoms with van der Waals surface area (Å²) in [5.74, 6) is 1.21. The lowest BCUT2D eigenvalue weighted by Gasteiger charge is -1.96. The standard InChI is InChI=1S/C10H10ClN3/c1-7-3-2-4-9(13-7)10-12-6-8(5-11)14-10/h2-4,6H,5H2,1H3,(H,12,14). The SMILES string of the molecule is Cc1cccc(-c2ncc(CCl)[nH]2)n1. The molecule has 0 radical (unpaired) electrons. The molecule has 2 aromatic rings. The van der Waals surface area contributed by atoms with Crippen molar-refractivity contribution in [1.82, 2.24) is 15.0 Å². The Morgan fingerprint density at radius 2 is 2.29 bits per heavy atom. The molecule has 3 nitrogen and oxygen atoms in total. The smallest absolute Gasteiger partial charge is 0.156 e. The molecule has 2 heterocycles. The van der Waals surface area contributed by atoms with E-state index in [1.165, 1.54) is 0 Å². The van der Waals surface area contributed by atoms with Crippen molar-refractivity contribution in [3.05, 3.63) is 35.8 Å². The van der Waals surface area contributed by atoms with Gasteiger partial charge in [-0.3, -0.25) is 0 Å². The summed E-state index contributed by atoms with van der Waals surface area (Å²) in [6.45, 7) is 1.95. The molecule has 0 saturated heterocycles. The molecule has 0 aromatic carbocycles. The minimum atomic E-state index is 0.443. The maximum atomic E-state index is 5.67. The number of alkyl halides is 1. The summed E-state index contributed by atoms with van der Waals surface area (Å²) >= 11 is 5.67.